The minimum Gasteiger partial charge on any atom is -0.496 e. The molecule has 5 heteroatoms. The molecule has 27 heavy (non-hydrogen) atoms. The Morgan fingerprint density at radius 3 is 2.44 bits per heavy atom. The smallest absolute Gasteiger partial charge is 0.253 e. The van der Waals surface area contributed by atoms with Gasteiger partial charge in [0.1, 0.15) is 5.75 Å². The van der Waals surface area contributed by atoms with Gasteiger partial charge in [-0.3, -0.25) is 4.79 Å². The van der Waals surface area contributed by atoms with E-state index < -0.39 is 0 Å². The number of imidazole rings is 1. The molecule has 0 aliphatic carbocycles. The molecule has 0 saturated carbocycles. The van der Waals surface area contributed by atoms with E-state index in [4.69, 9.17) is 4.74 Å². The Bertz CT molecular complexity index is 961. The van der Waals surface area contributed by atoms with E-state index in [1.54, 1.807) is 7.11 Å². The van der Waals surface area contributed by atoms with E-state index in [1.165, 1.54) is 5.52 Å². The second kappa shape index (κ2) is 7.06. The highest BCUT2D eigenvalue weighted by Gasteiger charge is 2.26. The summed E-state index contributed by atoms with van der Waals surface area (Å²) in [5, 5.41) is 0. The molecule has 1 amide bonds. The zero-order valence-corrected chi connectivity index (χ0v) is 16.1. The molecule has 2 aromatic carbocycles. The molecule has 5 nitrogen and oxygen atoms in total. The number of para-hydroxylation sites is 2. The van der Waals surface area contributed by atoms with Gasteiger partial charge in [-0.1, -0.05) is 12.1 Å². The summed E-state index contributed by atoms with van der Waals surface area (Å²) >= 11 is 0. The molecule has 0 atom stereocenters. The SMILES string of the molecule is COc1c(C)cc(C(=O)N2CCC(n3cnc4ccccc43)CC2)cc1C. The van der Waals surface area contributed by atoms with Gasteiger partial charge in [0, 0.05) is 24.7 Å². The lowest BCUT2D eigenvalue weighted by Gasteiger charge is -2.33. The Morgan fingerprint density at radius 2 is 1.78 bits per heavy atom. The van der Waals surface area contributed by atoms with Crippen molar-refractivity contribution in [3.63, 3.8) is 0 Å². The van der Waals surface area contributed by atoms with Crippen LogP contribution in [0.25, 0.3) is 11.0 Å². The number of likely N-dealkylation sites (tertiary alicyclic amines) is 1. The predicted octanol–water partition coefficient (Wildman–Crippen LogP) is 4.14. The predicted molar refractivity (Wildman–Crippen MR) is 106 cm³/mol. The molecule has 140 valence electrons. The molecule has 0 radical (unpaired) electrons. The van der Waals surface area contributed by atoms with Crippen molar-refractivity contribution < 1.29 is 9.53 Å². The average Bonchev–Trinajstić information content (AvgIpc) is 3.11. The number of aryl methyl sites for hydroxylation is 2. The third-order valence-electron chi connectivity index (χ3n) is 5.54. The third-order valence-corrected chi connectivity index (χ3v) is 5.54. The summed E-state index contributed by atoms with van der Waals surface area (Å²) in [6.07, 6.45) is 3.82. The number of nitrogens with zero attached hydrogens (tertiary/aromatic N) is 3. The molecule has 0 N–H and O–H groups in total. The summed E-state index contributed by atoms with van der Waals surface area (Å²) < 4.78 is 7.68. The lowest BCUT2D eigenvalue weighted by molar-refractivity contribution is 0.0695. The Hall–Kier alpha value is -2.82. The van der Waals surface area contributed by atoms with Crippen molar-refractivity contribution in [2.45, 2.75) is 32.7 Å². The monoisotopic (exact) mass is 363 g/mol. The second-order valence-electron chi connectivity index (χ2n) is 7.31. The number of hydrogen-bond acceptors (Lipinski definition) is 3. The van der Waals surface area contributed by atoms with Gasteiger partial charge >= 0.3 is 0 Å². The first kappa shape index (κ1) is 17.6. The van der Waals surface area contributed by atoms with Crippen LogP contribution in [-0.2, 0) is 0 Å². The van der Waals surface area contributed by atoms with Crippen LogP contribution in [0.4, 0.5) is 0 Å². The normalized spacial score (nSPS) is 15.3. The molecular weight excluding hydrogens is 338 g/mol. The van der Waals surface area contributed by atoms with Crippen molar-refractivity contribution >= 4 is 16.9 Å². The number of hydrogen-bond donors (Lipinski definition) is 0. The van der Waals surface area contributed by atoms with Crippen LogP contribution in [0.1, 0.15) is 40.4 Å². The van der Waals surface area contributed by atoms with Crippen LogP contribution in [0.5, 0.6) is 5.75 Å². The van der Waals surface area contributed by atoms with Gasteiger partial charge in [-0.15, -0.1) is 0 Å². The molecule has 1 aliphatic heterocycles. The maximum absolute atomic E-state index is 13.0. The number of amides is 1. The lowest BCUT2D eigenvalue weighted by atomic mass is 10.0. The minimum absolute atomic E-state index is 0.109. The average molecular weight is 363 g/mol. The van der Waals surface area contributed by atoms with Crippen molar-refractivity contribution in [2.24, 2.45) is 0 Å². The number of piperidine rings is 1. The largest absolute Gasteiger partial charge is 0.496 e. The Morgan fingerprint density at radius 1 is 1.11 bits per heavy atom. The van der Waals surface area contributed by atoms with Crippen molar-refractivity contribution in [2.75, 3.05) is 20.2 Å². The van der Waals surface area contributed by atoms with Gasteiger partial charge in [-0.2, -0.15) is 0 Å². The topological polar surface area (TPSA) is 47.4 Å². The Labute approximate surface area is 159 Å². The van der Waals surface area contributed by atoms with Crippen LogP contribution in [0.2, 0.25) is 0 Å². The summed E-state index contributed by atoms with van der Waals surface area (Å²) in [5.74, 6) is 0.968. The summed E-state index contributed by atoms with van der Waals surface area (Å²) in [6.45, 7) is 5.50. The fourth-order valence-corrected chi connectivity index (χ4v) is 4.19. The van der Waals surface area contributed by atoms with Gasteiger partial charge in [0.05, 0.1) is 24.5 Å². The van der Waals surface area contributed by atoms with E-state index in [1.807, 2.05) is 55.4 Å². The van der Waals surface area contributed by atoms with E-state index in [0.29, 0.717) is 6.04 Å². The molecule has 1 aliphatic rings. The zero-order valence-electron chi connectivity index (χ0n) is 16.1. The summed E-state index contributed by atoms with van der Waals surface area (Å²) in [5.41, 5.74) is 4.95. The van der Waals surface area contributed by atoms with E-state index in [-0.39, 0.29) is 5.91 Å². The standard InChI is InChI=1S/C22H25N3O2/c1-15-12-17(13-16(2)21(15)27-3)22(26)24-10-8-18(9-11-24)25-14-23-19-6-4-5-7-20(19)25/h4-7,12-14,18H,8-11H2,1-3H3. The van der Waals surface area contributed by atoms with Gasteiger partial charge < -0.3 is 14.2 Å². The van der Waals surface area contributed by atoms with E-state index in [0.717, 1.165) is 53.9 Å². The fraction of sp³-hybridized carbons (Fsp3) is 0.364. The number of rotatable bonds is 3. The number of fused-ring (bicyclic) bond motifs is 1. The highest BCUT2D eigenvalue weighted by molar-refractivity contribution is 5.95. The van der Waals surface area contributed by atoms with Crippen LogP contribution < -0.4 is 4.74 Å². The third kappa shape index (κ3) is 3.18. The molecule has 4 rings (SSSR count). The van der Waals surface area contributed by atoms with Gasteiger partial charge in [-0.05, 0) is 62.1 Å². The van der Waals surface area contributed by atoms with Gasteiger partial charge in [0.25, 0.3) is 5.91 Å². The zero-order chi connectivity index (χ0) is 19.0. The van der Waals surface area contributed by atoms with Crippen molar-refractivity contribution in [1.29, 1.82) is 0 Å². The van der Waals surface area contributed by atoms with Gasteiger partial charge in [-0.25, -0.2) is 4.98 Å². The first-order valence-electron chi connectivity index (χ1n) is 9.44. The van der Waals surface area contributed by atoms with Crippen molar-refractivity contribution in [3.05, 3.63) is 59.4 Å². The lowest BCUT2D eigenvalue weighted by Crippen LogP contribution is -2.39. The molecule has 1 aromatic heterocycles. The van der Waals surface area contributed by atoms with Crippen molar-refractivity contribution in [1.82, 2.24) is 14.5 Å². The van der Waals surface area contributed by atoms with Crippen LogP contribution in [0.3, 0.4) is 0 Å². The van der Waals surface area contributed by atoms with E-state index in [2.05, 4.69) is 15.6 Å². The van der Waals surface area contributed by atoms with Crippen LogP contribution in [-0.4, -0.2) is 40.6 Å². The Balaban J connectivity index is 1.48. The number of benzene rings is 2. The number of methoxy groups -OCH3 is 1. The minimum atomic E-state index is 0.109. The maximum atomic E-state index is 13.0. The summed E-state index contributed by atoms with van der Waals surface area (Å²) in [6, 6.07) is 12.5. The fourth-order valence-electron chi connectivity index (χ4n) is 4.19. The molecule has 0 unspecified atom stereocenters. The number of aromatic nitrogens is 2. The first-order valence-corrected chi connectivity index (χ1v) is 9.44. The van der Waals surface area contributed by atoms with E-state index >= 15 is 0 Å². The van der Waals surface area contributed by atoms with Crippen LogP contribution >= 0.6 is 0 Å². The maximum Gasteiger partial charge on any atom is 0.253 e. The molecule has 3 aromatic rings. The van der Waals surface area contributed by atoms with Crippen LogP contribution in [0.15, 0.2) is 42.7 Å². The number of ether oxygens (including phenoxy) is 1. The molecule has 0 bridgehead atoms. The summed E-state index contributed by atoms with van der Waals surface area (Å²) in [7, 11) is 1.67. The Kier molecular flexibility index (Phi) is 4.60. The second-order valence-corrected chi connectivity index (χ2v) is 7.31. The number of carbonyl (C=O) groups excluding carboxylic acids is 1. The molecule has 0 spiro atoms. The highest BCUT2D eigenvalue weighted by atomic mass is 16.5. The highest BCUT2D eigenvalue weighted by Crippen LogP contribution is 2.29. The quantitative estimate of drug-likeness (QED) is 0.703. The number of carbonyl (C=O) groups is 1. The van der Waals surface area contributed by atoms with Crippen molar-refractivity contribution in [3.8, 4) is 5.75 Å². The van der Waals surface area contributed by atoms with Gasteiger partial charge in [0.2, 0.25) is 0 Å². The molecule has 1 fully saturated rings. The molecule has 1 saturated heterocycles. The van der Waals surface area contributed by atoms with E-state index in [9.17, 15) is 4.79 Å². The molecule has 2 heterocycles. The van der Waals surface area contributed by atoms with Crippen LogP contribution in [0, 0.1) is 13.8 Å². The van der Waals surface area contributed by atoms with Gasteiger partial charge in [0.15, 0.2) is 0 Å². The first-order chi connectivity index (χ1) is 13.1. The molecular formula is C22H25N3O2. The summed E-state index contributed by atoms with van der Waals surface area (Å²) in [4.78, 5) is 19.4.